The van der Waals surface area contributed by atoms with Gasteiger partial charge >= 0.3 is 5.97 Å². The lowest BCUT2D eigenvalue weighted by Crippen LogP contribution is -2.31. The van der Waals surface area contributed by atoms with E-state index < -0.39 is 33.3 Å². The summed E-state index contributed by atoms with van der Waals surface area (Å²) in [7, 11) is -2.68. The number of rotatable bonds is 7. The highest BCUT2D eigenvalue weighted by molar-refractivity contribution is 7.89. The van der Waals surface area contributed by atoms with Crippen molar-refractivity contribution in [3.05, 3.63) is 71.5 Å². The first kappa shape index (κ1) is 23.4. The minimum atomic E-state index is -3.89. The lowest BCUT2D eigenvalue weighted by molar-refractivity contribution is 0.0602. The molecule has 32 heavy (non-hydrogen) atoms. The number of ether oxygens (including phenoxy) is 1. The van der Waals surface area contributed by atoms with Gasteiger partial charge in [-0.2, -0.15) is 4.31 Å². The fourth-order valence-electron chi connectivity index (χ4n) is 3.36. The van der Waals surface area contributed by atoms with Crippen LogP contribution in [0, 0.1) is 5.82 Å². The molecule has 168 valence electrons. The highest BCUT2D eigenvalue weighted by Gasteiger charge is 2.25. The molecule has 0 atom stereocenters. The molecule has 0 aliphatic rings. The van der Waals surface area contributed by atoms with E-state index in [1.54, 1.807) is 50.2 Å². The van der Waals surface area contributed by atoms with Gasteiger partial charge in [-0.3, -0.25) is 4.79 Å². The van der Waals surface area contributed by atoms with E-state index in [4.69, 9.17) is 4.74 Å². The molecule has 7 nitrogen and oxygen atoms in total. The van der Waals surface area contributed by atoms with E-state index in [9.17, 15) is 22.4 Å². The number of nitrogens with zero attached hydrogens (tertiary/aromatic N) is 1. The number of carbonyl (C=O) groups is 2. The van der Waals surface area contributed by atoms with Crippen LogP contribution in [-0.4, -0.2) is 44.8 Å². The topological polar surface area (TPSA) is 92.8 Å². The van der Waals surface area contributed by atoms with Gasteiger partial charge in [0.25, 0.3) is 5.91 Å². The molecule has 9 heteroatoms. The molecule has 1 amide bonds. The molecule has 0 unspecified atom stereocenters. The number of carbonyl (C=O) groups excluding carboxylic acids is 2. The molecule has 0 saturated heterocycles. The first-order valence-electron chi connectivity index (χ1n) is 9.95. The van der Waals surface area contributed by atoms with Crippen molar-refractivity contribution >= 4 is 38.4 Å². The summed E-state index contributed by atoms with van der Waals surface area (Å²) in [6, 6.07) is 13.4. The Kier molecular flexibility index (Phi) is 6.90. The molecule has 0 aliphatic heterocycles. The zero-order valence-electron chi connectivity index (χ0n) is 17.9. The normalized spacial score (nSPS) is 11.5. The largest absolute Gasteiger partial charge is 0.465 e. The third kappa shape index (κ3) is 4.49. The summed E-state index contributed by atoms with van der Waals surface area (Å²) in [5, 5.41) is 4.02. The van der Waals surface area contributed by atoms with Gasteiger partial charge in [0, 0.05) is 13.1 Å². The molecule has 0 bridgehead atoms. The molecular formula is C23H23FN2O5S. The van der Waals surface area contributed by atoms with Crippen LogP contribution in [0.4, 0.5) is 10.1 Å². The predicted octanol–water partition coefficient (Wildman–Crippen LogP) is 4.05. The summed E-state index contributed by atoms with van der Waals surface area (Å²) in [5.74, 6) is -2.45. The van der Waals surface area contributed by atoms with E-state index in [-0.39, 0.29) is 29.2 Å². The van der Waals surface area contributed by atoms with Gasteiger partial charge in [-0.05, 0) is 41.1 Å². The van der Waals surface area contributed by atoms with E-state index in [1.807, 2.05) is 0 Å². The Morgan fingerprint density at radius 2 is 1.59 bits per heavy atom. The van der Waals surface area contributed by atoms with Gasteiger partial charge in [0.05, 0.1) is 28.8 Å². The zero-order chi connectivity index (χ0) is 23.5. The first-order chi connectivity index (χ1) is 15.2. The molecule has 0 fully saturated rings. The number of halogens is 1. The molecule has 1 N–H and O–H groups in total. The second-order valence-corrected chi connectivity index (χ2v) is 8.86. The SMILES string of the molecule is CCN(CC)S(=O)(=O)c1ccc(F)c(C(=O)Nc2cc3ccccc3cc2C(=O)OC)c1. The Labute approximate surface area is 185 Å². The lowest BCUT2D eigenvalue weighted by atomic mass is 10.0. The molecule has 3 aromatic rings. The maximum Gasteiger partial charge on any atom is 0.339 e. The standard InChI is InChI=1S/C23H23FN2O5S/c1-4-26(5-2)32(29,30)17-10-11-20(24)18(14-17)22(27)25-21-13-16-9-7-6-8-15(16)12-19(21)23(28)31-3/h6-14H,4-5H2,1-3H3,(H,25,27). The zero-order valence-corrected chi connectivity index (χ0v) is 18.7. The Bertz CT molecular complexity index is 1290. The molecule has 0 heterocycles. The Balaban J connectivity index is 2.04. The Hall–Kier alpha value is -3.30. The van der Waals surface area contributed by atoms with Crippen molar-refractivity contribution in [3.63, 3.8) is 0 Å². The molecule has 0 saturated carbocycles. The van der Waals surface area contributed by atoms with Crippen LogP contribution in [0.1, 0.15) is 34.6 Å². The second kappa shape index (κ2) is 9.46. The smallest absolute Gasteiger partial charge is 0.339 e. The van der Waals surface area contributed by atoms with E-state index in [0.29, 0.717) is 0 Å². The summed E-state index contributed by atoms with van der Waals surface area (Å²) < 4.78 is 46.1. The average molecular weight is 459 g/mol. The van der Waals surface area contributed by atoms with Crippen LogP contribution in [0.3, 0.4) is 0 Å². The molecule has 0 aromatic heterocycles. The summed E-state index contributed by atoms with van der Waals surface area (Å²) in [5.41, 5.74) is -0.244. The summed E-state index contributed by atoms with van der Waals surface area (Å²) in [6.45, 7) is 3.84. The highest BCUT2D eigenvalue weighted by atomic mass is 32.2. The number of hydrogen-bond donors (Lipinski definition) is 1. The van der Waals surface area contributed by atoms with E-state index >= 15 is 0 Å². The van der Waals surface area contributed by atoms with Crippen molar-refractivity contribution in [2.75, 3.05) is 25.5 Å². The number of methoxy groups -OCH3 is 1. The molecule has 0 spiro atoms. The van der Waals surface area contributed by atoms with Crippen molar-refractivity contribution < 1.29 is 27.1 Å². The van der Waals surface area contributed by atoms with Crippen molar-refractivity contribution in [1.82, 2.24) is 4.31 Å². The van der Waals surface area contributed by atoms with E-state index in [0.717, 1.165) is 29.0 Å². The third-order valence-electron chi connectivity index (χ3n) is 5.07. The Morgan fingerprint density at radius 3 is 2.19 bits per heavy atom. The van der Waals surface area contributed by atoms with Crippen LogP contribution in [0.5, 0.6) is 0 Å². The number of amides is 1. The van der Waals surface area contributed by atoms with Crippen LogP contribution in [0.15, 0.2) is 59.5 Å². The maximum absolute atomic E-state index is 14.5. The van der Waals surface area contributed by atoms with Crippen LogP contribution in [0.25, 0.3) is 10.8 Å². The monoisotopic (exact) mass is 458 g/mol. The maximum atomic E-state index is 14.5. The van der Waals surface area contributed by atoms with Gasteiger partial charge in [0.15, 0.2) is 0 Å². The van der Waals surface area contributed by atoms with E-state index in [2.05, 4.69) is 5.32 Å². The van der Waals surface area contributed by atoms with Gasteiger partial charge in [0.2, 0.25) is 10.0 Å². The summed E-state index contributed by atoms with van der Waals surface area (Å²) >= 11 is 0. The van der Waals surface area contributed by atoms with Gasteiger partial charge in [-0.1, -0.05) is 38.1 Å². The fraction of sp³-hybridized carbons (Fsp3) is 0.217. The molecule has 0 aliphatic carbocycles. The van der Waals surface area contributed by atoms with Crippen molar-refractivity contribution in [1.29, 1.82) is 0 Å². The van der Waals surface area contributed by atoms with Crippen LogP contribution in [0.2, 0.25) is 0 Å². The van der Waals surface area contributed by atoms with Gasteiger partial charge in [0.1, 0.15) is 5.82 Å². The molecule has 0 radical (unpaired) electrons. The van der Waals surface area contributed by atoms with Gasteiger partial charge in [-0.15, -0.1) is 0 Å². The molecular weight excluding hydrogens is 435 g/mol. The average Bonchev–Trinajstić information content (AvgIpc) is 2.78. The highest BCUT2D eigenvalue weighted by Crippen LogP contribution is 2.26. The molecule has 3 aromatic carbocycles. The number of hydrogen-bond acceptors (Lipinski definition) is 5. The number of esters is 1. The summed E-state index contributed by atoms with van der Waals surface area (Å²) in [6.07, 6.45) is 0. The summed E-state index contributed by atoms with van der Waals surface area (Å²) in [4.78, 5) is 25.0. The van der Waals surface area contributed by atoms with Crippen molar-refractivity contribution in [3.8, 4) is 0 Å². The third-order valence-corrected chi connectivity index (χ3v) is 7.11. The predicted molar refractivity (Wildman–Crippen MR) is 120 cm³/mol. The van der Waals surface area contributed by atoms with Crippen molar-refractivity contribution in [2.24, 2.45) is 0 Å². The first-order valence-corrected chi connectivity index (χ1v) is 11.4. The number of nitrogens with one attached hydrogen (secondary N) is 1. The molecule has 3 rings (SSSR count). The lowest BCUT2D eigenvalue weighted by Gasteiger charge is -2.19. The number of benzene rings is 3. The van der Waals surface area contributed by atoms with Crippen LogP contribution in [-0.2, 0) is 14.8 Å². The fourth-order valence-corrected chi connectivity index (χ4v) is 4.85. The number of fused-ring (bicyclic) bond motifs is 1. The van der Waals surface area contributed by atoms with Gasteiger partial charge < -0.3 is 10.1 Å². The quantitative estimate of drug-likeness (QED) is 0.539. The minimum Gasteiger partial charge on any atom is -0.465 e. The number of sulfonamides is 1. The van der Waals surface area contributed by atoms with Gasteiger partial charge in [-0.25, -0.2) is 17.6 Å². The minimum absolute atomic E-state index is 0.0897. The van der Waals surface area contributed by atoms with Crippen molar-refractivity contribution in [2.45, 2.75) is 18.7 Å². The second-order valence-electron chi connectivity index (χ2n) is 6.92. The van der Waals surface area contributed by atoms with Crippen LogP contribution >= 0.6 is 0 Å². The van der Waals surface area contributed by atoms with E-state index in [1.165, 1.54) is 11.4 Å². The Morgan fingerprint density at radius 1 is 0.969 bits per heavy atom. The number of anilines is 1. The van der Waals surface area contributed by atoms with Crippen LogP contribution < -0.4 is 5.32 Å².